The zero-order chi connectivity index (χ0) is 16.6. The standard InChI is InChI=1S/C15H17N3O5/c19-12-7-10(14(22)23)15(17-12)3-5-18(6-4-15)11-2-1-9(8-16-11)13(20)21/h1-2,8,10H,3-7H2,(H,17,19)(H,20,21)(H,22,23)/t10-/m0/s1. The lowest BCUT2D eigenvalue weighted by atomic mass is 9.78. The van der Waals surface area contributed by atoms with Crippen LogP contribution >= 0.6 is 0 Å². The van der Waals surface area contributed by atoms with Crippen LogP contribution in [0.15, 0.2) is 18.3 Å². The number of hydrogen-bond donors (Lipinski definition) is 3. The molecular weight excluding hydrogens is 302 g/mol. The number of carboxylic acid groups (broad SMARTS) is 2. The van der Waals surface area contributed by atoms with E-state index >= 15 is 0 Å². The number of pyridine rings is 1. The van der Waals surface area contributed by atoms with Crippen molar-refractivity contribution in [1.82, 2.24) is 10.3 Å². The van der Waals surface area contributed by atoms with Gasteiger partial charge in [0.1, 0.15) is 5.82 Å². The molecule has 1 amide bonds. The minimum atomic E-state index is -1.03. The van der Waals surface area contributed by atoms with Gasteiger partial charge in [-0.25, -0.2) is 9.78 Å². The van der Waals surface area contributed by atoms with Gasteiger partial charge in [-0.3, -0.25) is 9.59 Å². The molecule has 0 saturated carbocycles. The minimum absolute atomic E-state index is 0.0287. The van der Waals surface area contributed by atoms with Gasteiger partial charge in [0, 0.05) is 25.7 Å². The zero-order valence-electron chi connectivity index (χ0n) is 12.4. The molecule has 0 bridgehead atoms. The highest BCUT2D eigenvalue weighted by Crippen LogP contribution is 2.37. The first-order valence-electron chi connectivity index (χ1n) is 7.39. The van der Waals surface area contributed by atoms with Gasteiger partial charge < -0.3 is 20.4 Å². The summed E-state index contributed by atoms with van der Waals surface area (Å²) in [6, 6.07) is 3.13. The van der Waals surface area contributed by atoms with Crippen LogP contribution in [0.5, 0.6) is 0 Å². The smallest absolute Gasteiger partial charge is 0.337 e. The molecule has 8 heteroatoms. The van der Waals surface area contributed by atoms with Gasteiger partial charge in [0.15, 0.2) is 0 Å². The maximum absolute atomic E-state index is 11.6. The lowest BCUT2D eigenvalue weighted by Crippen LogP contribution is -2.55. The van der Waals surface area contributed by atoms with E-state index in [0.29, 0.717) is 31.7 Å². The van der Waals surface area contributed by atoms with Crippen molar-refractivity contribution in [1.29, 1.82) is 0 Å². The highest BCUT2D eigenvalue weighted by atomic mass is 16.4. The van der Waals surface area contributed by atoms with Crippen molar-refractivity contribution in [2.75, 3.05) is 18.0 Å². The number of piperidine rings is 1. The highest BCUT2D eigenvalue weighted by molar-refractivity contribution is 5.88. The number of amides is 1. The fraction of sp³-hybridized carbons (Fsp3) is 0.467. The van der Waals surface area contributed by atoms with Crippen molar-refractivity contribution in [2.24, 2.45) is 5.92 Å². The molecule has 0 aromatic carbocycles. The molecule has 1 aromatic rings. The number of nitrogens with zero attached hydrogens (tertiary/aromatic N) is 2. The molecule has 2 fully saturated rings. The maximum atomic E-state index is 11.6. The monoisotopic (exact) mass is 319 g/mol. The van der Waals surface area contributed by atoms with Gasteiger partial charge in [-0.2, -0.15) is 0 Å². The van der Waals surface area contributed by atoms with Crippen LogP contribution in [0.4, 0.5) is 5.82 Å². The van der Waals surface area contributed by atoms with Crippen molar-refractivity contribution in [2.45, 2.75) is 24.8 Å². The fourth-order valence-electron chi connectivity index (χ4n) is 3.43. The average molecular weight is 319 g/mol. The predicted octanol–water partition coefficient (Wildman–Crippen LogP) is 0.339. The van der Waals surface area contributed by atoms with E-state index in [9.17, 15) is 19.5 Å². The van der Waals surface area contributed by atoms with Gasteiger partial charge in [0.2, 0.25) is 5.91 Å². The van der Waals surface area contributed by atoms with Crippen LogP contribution < -0.4 is 10.2 Å². The van der Waals surface area contributed by atoms with Crippen molar-refractivity contribution < 1.29 is 24.6 Å². The Hall–Kier alpha value is -2.64. The van der Waals surface area contributed by atoms with Crippen molar-refractivity contribution in [3.63, 3.8) is 0 Å². The summed E-state index contributed by atoms with van der Waals surface area (Å²) in [5.74, 6) is -2.23. The molecule has 2 aliphatic heterocycles. The molecule has 1 aromatic heterocycles. The predicted molar refractivity (Wildman–Crippen MR) is 79.3 cm³/mol. The first-order chi connectivity index (χ1) is 10.9. The Balaban J connectivity index is 1.71. The van der Waals surface area contributed by atoms with Crippen LogP contribution in [0.25, 0.3) is 0 Å². The van der Waals surface area contributed by atoms with Gasteiger partial charge in [-0.05, 0) is 25.0 Å². The Morgan fingerprint density at radius 3 is 2.48 bits per heavy atom. The van der Waals surface area contributed by atoms with Crippen LogP contribution in [0, 0.1) is 5.92 Å². The van der Waals surface area contributed by atoms with Crippen molar-refractivity contribution in [3.8, 4) is 0 Å². The second-order valence-electron chi connectivity index (χ2n) is 6.00. The number of anilines is 1. The third-order valence-corrected chi connectivity index (χ3v) is 4.72. The van der Waals surface area contributed by atoms with Crippen LogP contribution in [-0.4, -0.2) is 51.7 Å². The van der Waals surface area contributed by atoms with E-state index in [0.717, 1.165) is 0 Å². The number of aromatic carboxylic acids is 1. The molecule has 122 valence electrons. The number of carbonyl (C=O) groups excluding carboxylic acids is 1. The Kier molecular flexibility index (Phi) is 3.67. The molecule has 2 saturated heterocycles. The van der Waals surface area contributed by atoms with E-state index in [4.69, 9.17) is 5.11 Å². The van der Waals surface area contributed by atoms with E-state index in [2.05, 4.69) is 10.3 Å². The molecule has 23 heavy (non-hydrogen) atoms. The van der Waals surface area contributed by atoms with Crippen molar-refractivity contribution >= 4 is 23.7 Å². The Morgan fingerprint density at radius 2 is 1.96 bits per heavy atom. The Labute approximate surface area is 132 Å². The van der Waals surface area contributed by atoms with Gasteiger partial charge in [0.05, 0.1) is 17.0 Å². The van der Waals surface area contributed by atoms with Crippen LogP contribution in [0.2, 0.25) is 0 Å². The van der Waals surface area contributed by atoms with E-state index in [-0.39, 0.29) is 17.9 Å². The van der Waals surface area contributed by atoms with Crippen LogP contribution in [-0.2, 0) is 9.59 Å². The SMILES string of the molecule is O=C1C[C@@H](C(=O)O)C2(CCN(c3ccc(C(=O)O)cn3)CC2)N1. The van der Waals surface area contributed by atoms with Gasteiger partial charge >= 0.3 is 11.9 Å². The first kappa shape index (κ1) is 15.3. The minimum Gasteiger partial charge on any atom is -0.481 e. The highest BCUT2D eigenvalue weighted by Gasteiger charge is 2.51. The molecule has 3 rings (SSSR count). The lowest BCUT2D eigenvalue weighted by molar-refractivity contribution is -0.144. The summed E-state index contributed by atoms with van der Waals surface area (Å²) in [4.78, 5) is 40.0. The third kappa shape index (κ3) is 2.71. The summed E-state index contributed by atoms with van der Waals surface area (Å²) in [6.07, 6.45) is 2.39. The number of nitrogens with one attached hydrogen (secondary N) is 1. The summed E-state index contributed by atoms with van der Waals surface area (Å²) in [7, 11) is 0. The maximum Gasteiger partial charge on any atom is 0.337 e. The second kappa shape index (κ2) is 5.53. The first-order valence-corrected chi connectivity index (χ1v) is 7.39. The summed E-state index contributed by atoms with van der Waals surface area (Å²) in [6.45, 7) is 1.12. The molecule has 3 heterocycles. The van der Waals surface area contributed by atoms with E-state index in [1.54, 1.807) is 6.07 Å². The van der Waals surface area contributed by atoms with Gasteiger partial charge in [0.25, 0.3) is 0 Å². The molecule has 0 aliphatic carbocycles. The zero-order valence-corrected chi connectivity index (χ0v) is 12.4. The number of hydrogen-bond acceptors (Lipinski definition) is 5. The summed E-state index contributed by atoms with van der Waals surface area (Å²) >= 11 is 0. The number of carboxylic acids is 2. The molecule has 0 unspecified atom stereocenters. The second-order valence-corrected chi connectivity index (χ2v) is 6.00. The molecule has 0 radical (unpaired) electrons. The van der Waals surface area contributed by atoms with Crippen LogP contribution in [0.3, 0.4) is 0 Å². The van der Waals surface area contributed by atoms with Gasteiger partial charge in [-0.1, -0.05) is 0 Å². The summed E-state index contributed by atoms with van der Waals surface area (Å²) < 4.78 is 0. The molecule has 3 N–H and O–H groups in total. The lowest BCUT2D eigenvalue weighted by Gasteiger charge is -2.41. The molecule has 2 aliphatic rings. The topological polar surface area (TPSA) is 120 Å². The normalized spacial score (nSPS) is 22.9. The summed E-state index contributed by atoms with van der Waals surface area (Å²) in [5, 5.41) is 21.1. The quantitative estimate of drug-likeness (QED) is 0.734. The van der Waals surface area contributed by atoms with E-state index in [1.807, 2.05) is 4.90 Å². The number of aromatic nitrogens is 1. The molecule has 1 spiro atoms. The van der Waals surface area contributed by atoms with Crippen LogP contribution in [0.1, 0.15) is 29.6 Å². The number of carbonyl (C=O) groups is 3. The molecule has 1 atom stereocenters. The van der Waals surface area contributed by atoms with Crippen molar-refractivity contribution in [3.05, 3.63) is 23.9 Å². The average Bonchev–Trinajstić information content (AvgIpc) is 2.84. The summed E-state index contributed by atoms with van der Waals surface area (Å²) in [5.41, 5.74) is -0.559. The number of aliphatic carboxylic acids is 1. The largest absolute Gasteiger partial charge is 0.481 e. The Morgan fingerprint density at radius 1 is 1.26 bits per heavy atom. The molecule has 8 nitrogen and oxygen atoms in total. The Bertz CT molecular complexity index is 650. The molecular formula is C15H17N3O5. The van der Waals surface area contributed by atoms with E-state index in [1.165, 1.54) is 12.3 Å². The fourth-order valence-corrected chi connectivity index (χ4v) is 3.43. The van der Waals surface area contributed by atoms with Gasteiger partial charge in [-0.15, -0.1) is 0 Å². The van der Waals surface area contributed by atoms with E-state index < -0.39 is 23.4 Å². The number of rotatable bonds is 3. The third-order valence-electron chi connectivity index (χ3n) is 4.72.